The first kappa shape index (κ1) is 12.0. The van der Waals surface area contributed by atoms with Crippen molar-refractivity contribution in [3.63, 3.8) is 0 Å². The molecule has 0 unspecified atom stereocenters. The highest BCUT2D eigenvalue weighted by atomic mass is 16.5. The average Bonchev–Trinajstić information content (AvgIpc) is 2.31. The summed E-state index contributed by atoms with van der Waals surface area (Å²) < 4.78 is 16.6. The van der Waals surface area contributed by atoms with Gasteiger partial charge < -0.3 is 14.2 Å². The van der Waals surface area contributed by atoms with Gasteiger partial charge in [-0.15, -0.1) is 0 Å². The van der Waals surface area contributed by atoms with Crippen molar-refractivity contribution in [2.24, 2.45) is 0 Å². The maximum Gasteiger partial charge on any atom is 0.164 e. The molecule has 0 radical (unpaired) electrons. The van der Waals surface area contributed by atoms with Gasteiger partial charge in [-0.1, -0.05) is 18.2 Å². The first-order valence-corrected chi connectivity index (χ1v) is 5.91. The van der Waals surface area contributed by atoms with Gasteiger partial charge >= 0.3 is 0 Å². The summed E-state index contributed by atoms with van der Waals surface area (Å²) in [5.74, 6) is 1.64. The van der Waals surface area contributed by atoms with E-state index in [0.29, 0.717) is 19.8 Å². The molecule has 0 fully saturated rings. The summed E-state index contributed by atoms with van der Waals surface area (Å²) in [4.78, 5) is 0. The molecule has 1 aromatic carbocycles. The van der Waals surface area contributed by atoms with Crippen molar-refractivity contribution in [3.05, 3.63) is 35.4 Å². The van der Waals surface area contributed by atoms with E-state index in [1.165, 1.54) is 11.1 Å². The van der Waals surface area contributed by atoms with Crippen LogP contribution in [0.3, 0.4) is 0 Å². The Labute approximate surface area is 102 Å². The Bertz CT molecular complexity index is 410. The molecule has 2 rings (SSSR count). The maximum absolute atomic E-state index is 5.71. The van der Waals surface area contributed by atoms with Gasteiger partial charge in [0.2, 0.25) is 0 Å². The minimum absolute atomic E-state index is 0.629. The first-order chi connectivity index (χ1) is 8.36. The molecule has 0 amide bonds. The number of fused-ring (bicyclic) bond motifs is 1. The zero-order chi connectivity index (χ0) is 12.1. The van der Waals surface area contributed by atoms with Gasteiger partial charge in [0.1, 0.15) is 0 Å². The lowest BCUT2D eigenvalue weighted by molar-refractivity contribution is 0.146. The van der Waals surface area contributed by atoms with Crippen molar-refractivity contribution < 1.29 is 14.2 Å². The first-order valence-electron chi connectivity index (χ1n) is 5.91. The van der Waals surface area contributed by atoms with E-state index in [1.54, 1.807) is 7.11 Å². The number of rotatable bonds is 3. The van der Waals surface area contributed by atoms with Gasteiger partial charge in [0.25, 0.3) is 0 Å². The van der Waals surface area contributed by atoms with E-state index in [1.807, 2.05) is 19.1 Å². The predicted octanol–water partition coefficient (Wildman–Crippen LogP) is 2.72. The van der Waals surface area contributed by atoms with Gasteiger partial charge in [-0.05, 0) is 25.0 Å². The fourth-order valence-electron chi connectivity index (χ4n) is 1.98. The van der Waals surface area contributed by atoms with Crippen molar-refractivity contribution >= 4 is 0 Å². The van der Waals surface area contributed by atoms with Crippen LogP contribution in [-0.4, -0.2) is 20.3 Å². The van der Waals surface area contributed by atoms with Crippen LogP contribution in [0.4, 0.5) is 0 Å². The van der Waals surface area contributed by atoms with Gasteiger partial charge in [-0.2, -0.15) is 0 Å². The number of ether oxygens (including phenoxy) is 3. The molecule has 0 atom stereocenters. The number of methoxy groups -OCH3 is 1. The summed E-state index contributed by atoms with van der Waals surface area (Å²) in [5, 5.41) is 0. The Morgan fingerprint density at radius 2 is 2.18 bits per heavy atom. The summed E-state index contributed by atoms with van der Waals surface area (Å²) in [5.41, 5.74) is 2.35. The average molecular weight is 234 g/mol. The largest absolute Gasteiger partial charge is 0.493 e. The molecule has 0 aromatic heterocycles. The molecule has 0 spiro atoms. The molecule has 0 saturated heterocycles. The van der Waals surface area contributed by atoms with Gasteiger partial charge in [0, 0.05) is 5.56 Å². The van der Waals surface area contributed by atoms with Crippen LogP contribution in [0.15, 0.2) is 24.3 Å². The lowest BCUT2D eigenvalue weighted by atomic mass is 10.0. The van der Waals surface area contributed by atoms with Crippen LogP contribution in [0, 0.1) is 0 Å². The Morgan fingerprint density at radius 3 is 2.94 bits per heavy atom. The van der Waals surface area contributed by atoms with Gasteiger partial charge in [-0.25, -0.2) is 0 Å². The van der Waals surface area contributed by atoms with E-state index in [-0.39, 0.29) is 0 Å². The minimum atomic E-state index is 0.629. The second kappa shape index (κ2) is 5.73. The highest BCUT2D eigenvalue weighted by Crippen LogP contribution is 2.35. The summed E-state index contributed by atoms with van der Waals surface area (Å²) in [6.45, 7) is 3.92. The van der Waals surface area contributed by atoms with Crippen LogP contribution in [0.2, 0.25) is 0 Å². The van der Waals surface area contributed by atoms with E-state index < -0.39 is 0 Å². The molecule has 3 nitrogen and oxygen atoms in total. The van der Waals surface area contributed by atoms with E-state index in [9.17, 15) is 0 Å². The molecule has 0 bridgehead atoms. The van der Waals surface area contributed by atoms with Crippen molar-refractivity contribution in [1.82, 2.24) is 0 Å². The monoisotopic (exact) mass is 234 g/mol. The zero-order valence-electron chi connectivity index (χ0n) is 10.4. The van der Waals surface area contributed by atoms with Crippen molar-refractivity contribution in [2.45, 2.75) is 20.0 Å². The van der Waals surface area contributed by atoms with E-state index in [0.717, 1.165) is 17.9 Å². The molecular weight excluding hydrogens is 216 g/mol. The van der Waals surface area contributed by atoms with Crippen molar-refractivity contribution in [1.29, 1.82) is 0 Å². The van der Waals surface area contributed by atoms with Crippen LogP contribution in [0.5, 0.6) is 11.5 Å². The fraction of sp³-hybridized carbons (Fsp3) is 0.429. The molecule has 92 valence electrons. The molecule has 1 heterocycles. The standard InChI is InChI=1S/C14H18O3/c1-3-17-14-12-6-4-5-9-16-10-11(12)7-8-13(14)15-2/h4-5,7-8H,3,6,9-10H2,1-2H3/b5-4-. The van der Waals surface area contributed by atoms with Crippen LogP contribution in [0.25, 0.3) is 0 Å². The Morgan fingerprint density at radius 1 is 1.29 bits per heavy atom. The Kier molecular flexibility index (Phi) is 4.04. The molecular formula is C14H18O3. The molecule has 1 aliphatic rings. The third-order valence-electron chi connectivity index (χ3n) is 2.79. The number of hydrogen-bond donors (Lipinski definition) is 0. The van der Waals surface area contributed by atoms with Gasteiger partial charge in [0.15, 0.2) is 11.5 Å². The second-order valence-electron chi connectivity index (χ2n) is 3.86. The molecule has 0 saturated carbocycles. The van der Waals surface area contributed by atoms with E-state index >= 15 is 0 Å². The smallest absolute Gasteiger partial charge is 0.164 e. The summed E-state index contributed by atoms with van der Waals surface area (Å²) in [6.07, 6.45) is 5.02. The molecule has 0 N–H and O–H groups in total. The molecule has 17 heavy (non-hydrogen) atoms. The third kappa shape index (κ3) is 2.61. The molecule has 1 aromatic rings. The normalized spacial score (nSPS) is 16.6. The van der Waals surface area contributed by atoms with Crippen molar-refractivity contribution in [3.8, 4) is 11.5 Å². The van der Waals surface area contributed by atoms with E-state index in [2.05, 4.69) is 12.1 Å². The minimum Gasteiger partial charge on any atom is -0.493 e. The summed E-state index contributed by atoms with van der Waals surface area (Å²) in [7, 11) is 1.67. The third-order valence-corrected chi connectivity index (χ3v) is 2.79. The summed E-state index contributed by atoms with van der Waals surface area (Å²) in [6, 6.07) is 3.99. The van der Waals surface area contributed by atoms with Gasteiger partial charge in [-0.3, -0.25) is 0 Å². The number of allylic oxidation sites excluding steroid dienone is 1. The highest BCUT2D eigenvalue weighted by Gasteiger charge is 2.15. The van der Waals surface area contributed by atoms with Crippen LogP contribution >= 0.6 is 0 Å². The predicted molar refractivity (Wildman–Crippen MR) is 66.7 cm³/mol. The molecule has 1 aliphatic heterocycles. The fourth-order valence-corrected chi connectivity index (χ4v) is 1.98. The molecule has 3 heteroatoms. The second-order valence-corrected chi connectivity index (χ2v) is 3.86. The lowest BCUT2D eigenvalue weighted by Gasteiger charge is -2.18. The van der Waals surface area contributed by atoms with Crippen LogP contribution in [0.1, 0.15) is 18.1 Å². The van der Waals surface area contributed by atoms with Crippen molar-refractivity contribution in [2.75, 3.05) is 20.3 Å². The zero-order valence-corrected chi connectivity index (χ0v) is 10.4. The van der Waals surface area contributed by atoms with E-state index in [4.69, 9.17) is 14.2 Å². The molecule has 0 aliphatic carbocycles. The Balaban J connectivity index is 2.45. The summed E-state index contributed by atoms with van der Waals surface area (Å²) >= 11 is 0. The van der Waals surface area contributed by atoms with Crippen LogP contribution in [-0.2, 0) is 17.8 Å². The van der Waals surface area contributed by atoms with Gasteiger partial charge in [0.05, 0.1) is 26.9 Å². The number of benzene rings is 1. The number of hydrogen-bond acceptors (Lipinski definition) is 3. The van der Waals surface area contributed by atoms with Crippen LogP contribution < -0.4 is 9.47 Å². The quantitative estimate of drug-likeness (QED) is 0.753. The topological polar surface area (TPSA) is 27.7 Å². The Hall–Kier alpha value is -1.48. The maximum atomic E-state index is 5.71. The highest BCUT2D eigenvalue weighted by molar-refractivity contribution is 5.51. The lowest BCUT2D eigenvalue weighted by Crippen LogP contribution is -2.06. The SMILES string of the molecule is CCOc1c(OC)ccc2c1C/C=C\COC2.